The molecule has 0 rings (SSSR count). The van der Waals surface area contributed by atoms with Crippen molar-refractivity contribution in [2.45, 2.75) is 148 Å². The normalized spacial score (nSPS) is 14.5. The first-order chi connectivity index (χ1) is 27.5. The number of aliphatic carboxylic acids is 1. The van der Waals surface area contributed by atoms with Crippen molar-refractivity contribution in [3.63, 3.8) is 0 Å². The monoisotopic (exact) mass is 819 g/mol. The molecule has 0 aromatic carbocycles. The van der Waals surface area contributed by atoms with E-state index in [1.165, 1.54) is 44.6 Å². The molecule has 0 aromatic heterocycles. The quantitative estimate of drug-likeness (QED) is 0.0135. The first kappa shape index (κ1) is 53.3. The lowest BCUT2D eigenvalue weighted by atomic mass is 10.1. The first-order valence-corrected chi connectivity index (χ1v) is 22.1. The summed E-state index contributed by atoms with van der Waals surface area (Å²) in [4.78, 5) is 58.0. The summed E-state index contributed by atoms with van der Waals surface area (Å²) in [7, 11) is -4.78. The van der Waals surface area contributed by atoms with Crippen molar-refractivity contribution in [1.82, 2.24) is 0 Å². The predicted molar refractivity (Wildman–Crippen MR) is 226 cm³/mol. The molecule has 12 nitrogen and oxygen atoms in total. The van der Waals surface area contributed by atoms with E-state index >= 15 is 0 Å². The molecule has 0 fully saturated rings. The number of phosphoric ester groups is 1. The van der Waals surface area contributed by atoms with Crippen LogP contribution in [-0.2, 0) is 42.3 Å². The number of hydrogen-bond acceptors (Lipinski definition) is 10. The number of allylic oxidation sites excluding steroid dienone is 14. The van der Waals surface area contributed by atoms with Gasteiger partial charge in [-0.15, -0.1) is 0 Å². The van der Waals surface area contributed by atoms with Crippen LogP contribution in [0.5, 0.6) is 0 Å². The average molecular weight is 820 g/mol. The fourth-order valence-electron chi connectivity index (χ4n) is 4.79. The molecule has 0 spiro atoms. The zero-order valence-corrected chi connectivity index (χ0v) is 35.3. The molecule has 0 saturated carbocycles. The Kier molecular flexibility index (Phi) is 35.4. The predicted octanol–water partition coefficient (Wildman–Crippen LogP) is 9.90. The molecule has 4 N–H and O–H groups in total. The highest BCUT2D eigenvalue weighted by atomic mass is 31.2. The van der Waals surface area contributed by atoms with Crippen LogP contribution >= 0.6 is 7.82 Å². The molecule has 0 bridgehead atoms. The minimum absolute atomic E-state index is 0.0574. The van der Waals surface area contributed by atoms with Gasteiger partial charge in [-0.2, -0.15) is 0 Å². The molecule has 0 amide bonds. The number of carbonyl (C=O) groups excluding carboxylic acids is 3. The van der Waals surface area contributed by atoms with Crippen molar-refractivity contribution < 1.29 is 52.3 Å². The molecule has 0 saturated heterocycles. The highest BCUT2D eigenvalue weighted by molar-refractivity contribution is 7.47. The van der Waals surface area contributed by atoms with Gasteiger partial charge in [-0.3, -0.25) is 28.2 Å². The summed E-state index contributed by atoms with van der Waals surface area (Å²) in [6.45, 7) is 2.43. The van der Waals surface area contributed by atoms with Crippen LogP contribution < -0.4 is 5.73 Å². The second kappa shape index (κ2) is 37.9. The highest BCUT2D eigenvalue weighted by Gasteiger charge is 2.28. The van der Waals surface area contributed by atoms with Crippen molar-refractivity contribution in [3.8, 4) is 0 Å². The Morgan fingerprint density at radius 1 is 0.596 bits per heavy atom. The van der Waals surface area contributed by atoms with Gasteiger partial charge in [-0.05, 0) is 83.1 Å². The van der Waals surface area contributed by atoms with E-state index < -0.39 is 57.7 Å². The summed E-state index contributed by atoms with van der Waals surface area (Å²) in [6, 6.07) is -1.56. The summed E-state index contributed by atoms with van der Waals surface area (Å²) < 4.78 is 32.4. The van der Waals surface area contributed by atoms with Crippen LogP contribution in [0, 0.1) is 0 Å². The number of ketones is 1. The van der Waals surface area contributed by atoms with E-state index in [1.807, 2.05) is 6.08 Å². The Labute approximate surface area is 341 Å². The molecule has 322 valence electrons. The number of unbranched alkanes of at least 4 members (excludes halogenated alkanes) is 8. The first-order valence-electron chi connectivity index (χ1n) is 20.6. The van der Waals surface area contributed by atoms with Gasteiger partial charge in [0.15, 0.2) is 11.9 Å². The third kappa shape index (κ3) is 37.7. The van der Waals surface area contributed by atoms with Crippen LogP contribution in [0.15, 0.2) is 85.1 Å². The fourth-order valence-corrected chi connectivity index (χ4v) is 5.57. The van der Waals surface area contributed by atoms with Gasteiger partial charge >= 0.3 is 25.7 Å². The zero-order chi connectivity index (χ0) is 42.2. The smallest absolute Gasteiger partial charge is 0.472 e. The van der Waals surface area contributed by atoms with Gasteiger partial charge < -0.3 is 25.2 Å². The lowest BCUT2D eigenvalue weighted by Gasteiger charge is -2.20. The maximum absolute atomic E-state index is 12.6. The highest BCUT2D eigenvalue weighted by Crippen LogP contribution is 2.43. The number of ether oxygens (including phenoxy) is 2. The second-order valence-corrected chi connectivity index (χ2v) is 14.9. The molecule has 0 aliphatic heterocycles. The second-order valence-electron chi connectivity index (χ2n) is 13.4. The molecular formula is C44H70NO11P. The fraction of sp³-hybridized carbons (Fsp3) is 0.591. The number of nitrogens with two attached hydrogens (primary N) is 1. The molecule has 0 aromatic rings. The summed E-state index contributed by atoms with van der Waals surface area (Å²) in [5.41, 5.74) is 5.31. The van der Waals surface area contributed by atoms with Crippen LogP contribution in [0.4, 0.5) is 0 Å². The maximum Gasteiger partial charge on any atom is 0.472 e. The topological polar surface area (TPSA) is 189 Å². The van der Waals surface area contributed by atoms with Crippen molar-refractivity contribution in [2.75, 3.05) is 19.8 Å². The van der Waals surface area contributed by atoms with Crippen LogP contribution in [0.1, 0.15) is 136 Å². The molecule has 0 aliphatic rings. The van der Waals surface area contributed by atoms with Crippen LogP contribution in [0.3, 0.4) is 0 Å². The van der Waals surface area contributed by atoms with Crippen molar-refractivity contribution in [3.05, 3.63) is 85.1 Å². The lowest BCUT2D eigenvalue weighted by Crippen LogP contribution is -2.34. The van der Waals surface area contributed by atoms with Crippen LogP contribution in [-0.4, -0.2) is 65.7 Å². The standard InChI is InChI=1S/C44H70NO11P/c1-3-5-7-9-11-13-15-17-18-20-22-24-26-28-30-34-43(48)56-40(37-54-57(51,52)55-38-41(45)44(49)50)36-53-42(47)35-31-33-39(46)32-29-27-25-23-21-19-16-14-12-10-8-6-4-2/h11-14,17-19,21-22,24-25,27,29,32,40-41H,3-10,15-16,20,23,26,28,30-31,33-38,45H2,1-2H3,(H,49,50)(H,51,52)/b13-11-,14-12-,18-17-,21-19-,24-22-,27-25-,32-29+/t40-,41+/m1/s1. The number of phosphoric acid groups is 1. The number of hydrogen-bond donors (Lipinski definition) is 3. The Balaban J connectivity index is 4.68. The van der Waals surface area contributed by atoms with Gasteiger partial charge in [0.1, 0.15) is 12.6 Å². The Bertz CT molecular complexity index is 1350. The average Bonchev–Trinajstić information content (AvgIpc) is 3.18. The van der Waals surface area contributed by atoms with Gasteiger partial charge in [-0.25, -0.2) is 4.57 Å². The minimum Gasteiger partial charge on any atom is -0.480 e. The number of rotatable bonds is 37. The number of carboxylic acid groups (broad SMARTS) is 1. The third-order valence-corrected chi connectivity index (χ3v) is 9.04. The van der Waals surface area contributed by atoms with Crippen molar-refractivity contribution >= 4 is 31.5 Å². The van der Waals surface area contributed by atoms with Crippen molar-refractivity contribution in [2.24, 2.45) is 5.73 Å². The summed E-state index contributed by atoms with van der Waals surface area (Å²) in [5.74, 6) is -2.88. The number of esters is 2. The van der Waals surface area contributed by atoms with Crippen LogP contribution in [0.2, 0.25) is 0 Å². The third-order valence-electron chi connectivity index (χ3n) is 8.09. The van der Waals surface area contributed by atoms with E-state index in [0.717, 1.165) is 51.4 Å². The molecule has 0 radical (unpaired) electrons. The van der Waals surface area contributed by atoms with Crippen molar-refractivity contribution in [1.29, 1.82) is 0 Å². The maximum atomic E-state index is 12.6. The summed E-state index contributed by atoms with van der Waals surface area (Å²) >= 11 is 0. The zero-order valence-electron chi connectivity index (χ0n) is 34.4. The van der Waals surface area contributed by atoms with E-state index in [9.17, 15) is 28.6 Å². The summed E-state index contributed by atoms with van der Waals surface area (Å²) in [6.07, 6.45) is 42.4. The Morgan fingerprint density at radius 3 is 1.63 bits per heavy atom. The summed E-state index contributed by atoms with van der Waals surface area (Å²) in [5, 5.41) is 8.87. The molecule has 0 aliphatic carbocycles. The lowest BCUT2D eigenvalue weighted by molar-refractivity contribution is -0.161. The Morgan fingerprint density at radius 2 is 1.09 bits per heavy atom. The SMILES string of the molecule is CCCCC/C=C\C/C=C\C/C=C\C=C\C(=O)CCCC(=O)OC[C@H](COP(=O)(O)OC[C@H](N)C(=O)O)OC(=O)CCCC/C=C\C/C=C\C/C=C\CCCCC. The van der Waals surface area contributed by atoms with Gasteiger partial charge in [-0.1, -0.05) is 119 Å². The number of carbonyl (C=O) groups is 4. The van der Waals surface area contributed by atoms with E-state index in [1.54, 1.807) is 12.2 Å². The molecular weight excluding hydrogens is 749 g/mol. The molecule has 1 unspecified atom stereocenters. The molecule has 13 heteroatoms. The van der Waals surface area contributed by atoms with Gasteiger partial charge in [0.05, 0.1) is 13.2 Å². The van der Waals surface area contributed by atoms with E-state index in [-0.39, 0.29) is 31.5 Å². The largest absolute Gasteiger partial charge is 0.480 e. The van der Waals surface area contributed by atoms with E-state index in [0.29, 0.717) is 6.42 Å². The molecule has 57 heavy (non-hydrogen) atoms. The van der Waals surface area contributed by atoms with E-state index in [2.05, 4.69) is 79.1 Å². The Hall–Kier alpha value is -3.67. The minimum atomic E-state index is -4.78. The van der Waals surface area contributed by atoms with Crippen LogP contribution in [0.25, 0.3) is 0 Å². The van der Waals surface area contributed by atoms with E-state index in [4.69, 9.17) is 24.8 Å². The molecule has 3 atom stereocenters. The molecule has 0 heterocycles. The van der Waals surface area contributed by atoms with Gasteiger partial charge in [0, 0.05) is 19.3 Å². The van der Waals surface area contributed by atoms with Gasteiger partial charge in [0.2, 0.25) is 0 Å². The van der Waals surface area contributed by atoms with Gasteiger partial charge in [0.25, 0.3) is 0 Å². The number of carboxylic acids is 1.